The molecular formula is C12H13F2N3O. The van der Waals surface area contributed by atoms with Crippen molar-refractivity contribution >= 4 is 0 Å². The lowest BCUT2D eigenvalue weighted by Gasteiger charge is -2.15. The van der Waals surface area contributed by atoms with E-state index in [0.29, 0.717) is 5.56 Å². The van der Waals surface area contributed by atoms with Crippen molar-refractivity contribution in [3.05, 3.63) is 35.5 Å². The first-order chi connectivity index (χ1) is 8.41. The number of rotatable bonds is 3. The van der Waals surface area contributed by atoms with Crippen molar-refractivity contribution < 1.29 is 13.3 Å². The number of aromatic nitrogens is 2. The lowest BCUT2D eigenvalue weighted by atomic mass is 9.97. The summed E-state index contributed by atoms with van der Waals surface area (Å²) in [5.74, 6) is -0.263. The molecule has 4 nitrogen and oxygen atoms in total. The third-order valence-corrected chi connectivity index (χ3v) is 2.54. The molecule has 0 amide bonds. The van der Waals surface area contributed by atoms with Gasteiger partial charge in [0.1, 0.15) is 11.5 Å². The number of nitrogens with two attached hydrogens (primary N) is 1. The van der Waals surface area contributed by atoms with E-state index in [1.165, 1.54) is 32.0 Å². The largest absolute Gasteiger partial charge is 0.338 e. The van der Waals surface area contributed by atoms with E-state index in [1.54, 1.807) is 0 Å². The van der Waals surface area contributed by atoms with Gasteiger partial charge in [-0.3, -0.25) is 0 Å². The Kier molecular flexibility index (Phi) is 3.13. The molecule has 6 heteroatoms. The predicted octanol–water partition coefficient (Wildman–Crippen LogP) is 2.54. The Morgan fingerprint density at radius 2 is 2.11 bits per heavy atom. The molecule has 0 bridgehead atoms. The molecule has 0 unspecified atom stereocenters. The van der Waals surface area contributed by atoms with Crippen molar-refractivity contribution in [3.63, 3.8) is 0 Å². The van der Waals surface area contributed by atoms with E-state index in [-0.39, 0.29) is 23.8 Å². The summed E-state index contributed by atoms with van der Waals surface area (Å²) in [7, 11) is 0. The van der Waals surface area contributed by atoms with E-state index in [0.717, 1.165) is 0 Å². The Morgan fingerprint density at radius 3 is 2.67 bits per heavy atom. The Bertz CT molecular complexity index is 561. The third kappa shape index (κ3) is 2.38. The summed E-state index contributed by atoms with van der Waals surface area (Å²) in [4.78, 5) is 3.92. The standard InChI is InChI=1S/C12H13F2N3O/c1-12(2,14)7-3-4-9(13)8(5-7)11-16-10(6-15)18-17-11/h3-5H,6,15H2,1-2H3. The summed E-state index contributed by atoms with van der Waals surface area (Å²) in [6, 6.07) is 3.95. The van der Waals surface area contributed by atoms with Crippen LogP contribution in [-0.4, -0.2) is 10.1 Å². The van der Waals surface area contributed by atoms with Gasteiger partial charge in [-0.05, 0) is 31.5 Å². The molecule has 18 heavy (non-hydrogen) atoms. The van der Waals surface area contributed by atoms with E-state index < -0.39 is 11.5 Å². The molecule has 96 valence electrons. The van der Waals surface area contributed by atoms with Crippen LogP contribution in [0.15, 0.2) is 22.7 Å². The normalized spacial score (nSPS) is 11.8. The zero-order valence-corrected chi connectivity index (χ0v) is 10.1. The minimum Gasteiger partial charge on any atom is -0.338 e. The summed E-state index contributed by atoms with van der Waals surface area (Å²) < 4.78 is 32.3. The molecular weight excluding hydrogens is 240 g/mol. The monoisotopic (exact) mass is 253 g/mol. The molecule has 1 aromatic heterocycles. The molecule has 0 saturated heterocycles. The average Bonchev–Trinajstić information content (AvgIpc) is 2.76. The summed E-state index contributed by atoms with van der Waals surface area (Å²) in [6.45, 7) is 2.86. The zero-order valence-electron chi connectivity index (χ0n) is 10.1. The number of halogens is 2. The molecule has 0 spiro atoms. The topological polar surface area (TPSA) is 64.9 Å². The van der Waals surface area contributed by atoms with Crippen molar-refractivity contribution in [1.29, 1.82) is 0 Å². The van der Waals surface area contributed by atoms with Gasteiger partial charge in [0, 0.05) is 0 Å². The summed E-state index contributed by atoms with van der Waals surface area (Å²) in [6.07, 6.45) is 0. The van der Waals surface area contributed by atoms with Crippen molar-refractivity contribution in [3.8, 4) is 11.4 Å². The fourth-order valence-electron chi connectivity index (χ4n) is 1.51. The van der Waals surface area contributed by atoms with Crippen LogP contribution in [-0.2, 0) is 12.2 Å². The maximum absolute atomic E-state index is 13.8. The lowest BCUT2D eigenvalue weighted by Crippen LogP contribution is -2.09. The number of hydrogen-bond donors (Lipinski definition) is 1. The first kappa shape index (κ1) is 12.6. The van der Waals surface area contributed by atoms with E-state index in [9.17, 15) is 8.78 Å². The van der Waals surface area contributed by atoms with Gasteiger partial charge in [0.2, 0.25) is 11.7 Å². The molecule has 0 atom stereocenters. The van der Waals surface area contributed by atoms with Gasteiger partial charge in [0.05, 0.1) is 12.1 Å². The van der Waals surface area contributed by atoms with Crippen LogP contribution < -0.4 is 5.73 Å². The average molecular weight is 253 g/mol. The smallest absolute Gasteiger partial charge is 0.240 e. The summed E-state index contributed by atoms with van der Waals surface area (Å²) in [5, 5.41) is 3.61. The van der Waals surface area contributed by atoms with Crippen LogP contribution in [0.25, 0.3) is 11.4 Å². The molecule has 0 aliphatic heterocycles. The minimum absolute atomic E-state index is 0.0686. The Morgan fingerprint density at radius 1 is 1.39 bits per heavy atom. The van der Waals surface area contributed by atoms with Gasteiger partial charge in [-0.1, -0.05) is 11.2 Å². The highest BCUT2D eigenvalue weighted by molar-refractivity contribution is 5.57. The Labute approximate surface area is 103 Å². The number of nitrogens with zero attached hydrogens (tertiary/aromatic N) is 2. The molecule has 2 aromatic rings. The van der Waals surface area contributed by atoms with Crippen molar-refractivity contribution in [2.45, 2.75) is 26.1 Å². The van der Waals surface area contributed by atoms with Crippen LogP contribution in [0.5, 0.6) is 0 Å². The second-order valence-corrected chi connectivity index (χ2v) is 4.38. The van der Waals surface area contributed by atoms with Crippen molar-refractivity contribution in [1.82, 2.24) is 10.1 Å². The SMILES string of the molecule is CC(C)(F)c1ccc(F)c(-c2noc(CN)n2)c1. The first-order valence-electron chi connectivity index (χ1n) is 5.44. The fraction of sp³-hybridized carbons (Fsp3) is 0.333. The minimum atomic E-state index is -1.57. The molecule has 1 heterocycles. The third-order valence-electron chi connectivity index (χ3n) is 2.54. The highest BCUT2D eigenvalue weighted by atomic mass is 19.1. The van der Waals surface area contributed by atoms with Crippen LogP contribution in [0.3, 0.4) is 0 Å². The molecule has 2 N–H and O–H groups in total. The summed E-state index contributed by atoms with van der Waals surface area (Å²) in [5.41, 5.74) is 4.21. The van der Waals surface area contributed by atoms with Crippen molar-refractivity contribution in [2.24, 2.45) is 5.73 Å². The Hall–Kier alpha value is -1.82. The van der Waals surface area contributed by atoms with Gasteiger partial charge in [-0.15, -0.1) is 0 Å². The maximum Gasteiger partial charge on any atom is 0.240 e. The predicted molar refractivity (Wildman–Crippen MR) is 61.7 cm³/mol. The van der Waals surface area contributed by atoms with Gasteiger partial charge in [-0.25, -0.2) is 8.78 Å². The zero-order chi connectivity index (χ0) is 13.3. The van der Waals surface area contributed by atoms with Crippen LogP contribution in [0.2, 0.25) is 0 Å². The molecule has 2 rings (SSSR count). The second kappa shape index (κ2) is 4.45. The molecule has 0 radical (unpaired) electrons. The van der Waals surface area contributed by atoms with E-state index >= 15 is 0 Å². The van der Waals surface area contributed by atoms with Gasteiger partial charge >= 0.3 is 0 Å². The first-order valence-corrected chi connectivity index (χ1v) is 5.44. The van der Waals surface area contributed by atoms with Crippen molar-refractivity contribution in [2.75, 3.05) is 0 Å². The Balaban J connectivity index is 2.49. The van der Waals surface area contributed by atoms with Gasteiger partial charge in [0.15, 0.2) is 0 Å². The van der Waals surface area contributed by atoms with Gasteiger partial charge in [0.25, 0.3) is 0 Å². The van der Waals surface area contributed by atoms with Crippen LogP contribution in [0.1, 0.15) is 25.3 Å². The summed E-state index contributed by atoms with van der Waals surface area (Å²) >= 11 is 0. The molecule has 0 aliphatic rings. The fourth-order valence-corrected chi connectivity index (χ4v) is 1.51. The van der Waals surface area contributed by atoms with E-state index in [1.807, 2.05) is 0 Å². The van der Waals surface area contributed by atoms with Crippen LogP contribution in [0, 0.1) is 5.82 Å². The highest BCUT2D eigenvalue weighted by Crippen LogP contribution is 2.29. The molecule has 1 aromatic carbocycles. The van der Waals surface area contributed by atoms with Gasteiger partial charge in [-0.2, -0.15) is 4.98 Å². The maximum atomic E-state index is 13.8. The van der Waals surface area contributed by atoms with E-state index in [2.05, 4.69) is 10.1 Å². The van der Waals surface area contributed by atoms with Crippen LogP contribution >= 0.6 is 0 Å². The second-order valence-electron chi connectivity index (χ2n) is 4.38. The molecule has 0 fully saturated rings. The molecule has 0 aliphatic carbocycles. The number of hydrogen-bond acceptors (Lipinski definition) is 4. The number of alkyl halides is 1. The van der Waals surface area contributed by atoms with Crippen LogP contribution in [0.4, 0.5) is 8.78 Å². The number of benzene rings is 1. The van der Waals surface area contributed by atoms with E-state index in [4.69, 9.17) is 10.3 Å². The van der Waals surface area contributed by atoms with Gasteiger partial charge < -0.3 is 10.3 Å². The lowest BCUT2D eigenvalue weighted by molar-refractivity contribution is 0.221. The highest BCUT2D eigenvalue weighted by Gasteiger charge is 2.22. The molecule has 0 saturated carbocycles. The quantitative estimate of drug-likeness (QED) is 0.912.